The van der Waals surface area contributed by atoms with Gasteiger partial charge in [-0.1, -0.05) is 12.1 Å². The molecule has 5 heteroatoms. The van der Waals surface area contributed by atoms with Crippen LogP contribution < -0.4 is 5.73 Å². The molecule has 1 aromatic carbocycles. The van der Waals surface area contributed by atoms with Crippen LogP contribution >= 0.6 is 11.8 Å². The van der Waals surface area contributed by atoms with Crippen molar-refractivity contribution in [1.29, 1.82) is 0 Å². The zero-order valence-corrected chi connectivity index (χ0v) is 8.58. The van der Waals surface area contributed by atoms with E-state index in [1.807, 2.05) is 0 Å². The van der Waals surface area contributed by atoms with Crippen LogP contribution in [0.25, 0.3) is 0 Å². The number of carbonyl (C=O) groups excluding carboxylic acids is 1. The zero-order chi connectivity index (χ0) is 11.0. The zero-order valence-electron chi connectivity index (χ0n) is 7.76. The molecule has 15 heavy (non-hydrogen) atoms. The van der Waals surface area contributed by atoms with E-state index in [4.69, 9.17) is 5.73 Å². The Morgan fingerprint density at radius 2 is 2.07 bits per heavy atom. The van der Waals surface area contributed by atoms with Crippen LogP contribution in [0, 0.1) is 5.82 Å². The molecule has 0 spiro atoms. The highest BCUT2D eigenvalue weighted by Gasteiger charge is 2.48. The molecule has 1 heterocycles. The van der Waals surface area contributed by atoms with E-state index in [1.54, 1.807) is 0 Å². The van der Waals surface area contributed by atoms with Crippen molar-refractivity contribution in [2.75, 3.05) is 0 Å². The van der Waals surface area contributed by atoms with Crippen LogP contribution in [0.4, 0.5) is 4.39 Å². The van der Waals surface area contributed by atoms with E-state index in [1.165, 1.54) is 36.0 Å². The predicted octanol–water partition coefficient (Wildman–Crippen LogP) is 0.828. The topological polar surface area (TPSA) is 63.3 Å². The molecule has 1 saturated heterocycles. The summed E-state index contributed by atoms with van der Waals surface area (Å²) in [6.45, 7) is 0. The van der Waals surface area contributed by atoms with Crippen molar-refractivity contribution < 1.29 is 14.3 Å². The number of halogens is 1. The van der Waals surface area contributed by atoms with Crippen molar-refractivity contribution in [3.05, 3.63) is 35.6 Å². The molecule has 3 N–H and O–H groups in total. The second-order valence-electron chi connectivity index (χ2n) is 3.42. The molecule has 3 nitrogen and oxygen atoms in total. The Balaban J connectivity index is 2.06. The first-order valence-corrected chi connectivity index (χ1v) is 5.42. The Kier molecular flexibility index (Phi) is 2.67. The Hall–Kier alpha value is -1.07. The molecule has 1 aliphatic rings. The average molecular weight is 227 g/mol. The molecule has 0 aliphatic carbocycles. The molecule has 1 aliphatic heterocycles. The Morgan fingerprint density at radius 3 is 2.53 bits per heavy atom. The smallest absolute Gasteiger partial charge is 0.231 e. The summed E-state index contributed by atoms with van der Waals surface area (Å²) in [5.74, 6) is -0.757. The van der Waals surface area contributed by atoms with Gasteiger partial charge in [-0.25, -0.2) is 4.39 Å². The first-order valence-electron chi connectivity index (χ1n) is 4.48. The second-order valence-corrected chi connectivity index (χ2v) is 4.74. The number of nitrogens with two attached hydrogens (primary N) is 1. The van der Waals surface area contributed by atoms with E-state index in [9.17, 15) is 14.3 Å². The lowest BCUT2D eigenvalue weighted by Crippen LogP contribution is -2.22. The van der Waals surface area contributed by atoms with Gasteiger partial charge in [0.1, 0.15) is 5.82 Å². The predicted molar refractivity (Wildman–Crippen MR) is 55.7 cm³/mol. The normalized spacial score (nSPS) is 26.0. The van der Waals surface area contributed by atoms with Crippen molar-refractivity contribution in [2.45, 2.75) is 16.6 Å². The number of aliphatic hydroxyl groups excluding tert-OH is 1. The molecule has 1 aromatic rings. The van der Waals surface area contributed by atoms with Gasteiger partial charge < -0.3 is 10.8 Å². The van der Waals surface area contributed by atoms with Gasteiger partial charge in [-0.05, 0) is 17.7 Å². The van der Waals surface area contributed by atoms with Crippen LogP contribution in [-0.4, -0.2) is 21.5 Å². The first-order chi connectivity index (χ1) is 7.09. The Bertz CT molecular complexity index is 382. The van der Waals surface area contributed by atoms with Gasteiger partial charge in [-0.15, -0.1) is 11.8 Å². The number of benzene rings is 1. The molecule has 0 aromatic heterocycles. The van der Waals surface area contributed by atoms with Gasteiger partial charge in [0.05, 0.1) is 16.6 Å². The lowest BCUT2D eigenvalue weighted by molar-refractivity contribution is -0.117. The highest BCUT2D eigenvalue weighted by molar-refractivity contribution is 8.08. The fraction of sp³-hybridized carbons (Fsp3) is 0.300. The minimum atomic E-state index is -0.756. The molecule has 80 valence electrons. The van der Waals surface area contributed by atoms with Gasteiger partial charge in [0.15, 0.2) is 0 Å². The van der Waals surface area contributed by atoms with Gasteiger partial charge in [-0.3, -0.25) is 4.79 Å². The third-order valence-corrected chi connectivity index (χ3v) is 3.68. The van der Waals surface area contributed by atoms with Crippen molar-refractivity contribution in [3.8, 4) is 0 Å². The van der Waals surface area contributed by atoms with Gasteiger partial charge in [0.2, 0.25) is 5.91 Å². The van der Waals surface area contributed by atoms with Crippen molar-refractivity contribution in [3.63, 3.8) is 0 Å². The average Bonchev–Trinajstić information content (AvgIpc) is 2.97. The second kappa shape index (κ2) is 3.83. The molecule has 3 atom stereocenters. The molecule has 1 fully saturated rings. The molecule has 0 bridgehead atoms. The summed E-state index contributed by atoms with van der Waals surface area (Å²) in [4.78, 5) is 10.8. The Morgan fingerprint density at radius 1 is 1.47 bits per heavy atom. The van der Waals surface area contributed by atoms with E-state index in [-0.39, 0.29) is 16.3 Å². The van der Waals surface area contributed by atoms with Crippen LogP contribution in [0.5, 0.6) is 0 Å². The maximum atomic E-state index is 12.6. The van der Waals surface area contributed by atoms with Crippen LogP contribution in [0.15, 0.2) is 24.3 Å². The van der Waals surface area contributed by atoms with Gasteiger partial charge in [0.25, 0.3) is 0 Å². The largest absolute Gasteiger partial charge is 0.387 e. The molecule has 3 unspecified atom stereocenters. The third-order valence-electron chi connectivity index (χ3n) is 2.33. The van der Waals surface area contributed by atoms with E-state index in [0.29, 0.717) is 5.56 Å². The number of amides is 1. The van der Waals surface area contributed by atoms with Gasteiger partial charge in [0, 0.05) is 0 Å². The molecule has 1 amide bonds. The molecular formula is C10H10FNO2S. The summed E-state index contributed by atoms with van der Waals surface area (Å²) in [6, 6.07) is 5.59. The lowest BCUT2D eigenvalue weighted by Gasteiger charge is -2.08. The maximum Gasteiger partial charge on any atom is 0.231 e. The van der Waals surface area contributed by atoms with E-state index < -0.39 is 12.0 Å². The van der Waals surface area contributed by atoms with Crippen molar-refractivity contribution in [2.24, 2.45) is 5.73 Å². The summed E-state index contributed by atoms with van der Waals surface area (Å²) in [5, 5.41) is 9.32. The van der Waals surface area contributed by atoms with Gasteiger partial charge >= 0.3 is 0 Å². The van der Waals surface area contributed by atoms with Crippen LogP contribution in [-0.2, 0) is 4.79 Å². The molecule has 0 radical (unpaired) electrons. The maximum absolute atomic E-state index is 12.6. The fourth-order valence-corrected chi connectivity index (χ4v) is 2.41. The standard InChI is InChI=1S/C10H10FNO2S/c11-6-3-1-5(2-4-6)7(13)8-9(15-8)10(12)14/h1-4,7-9,13H,(H2,12,14). The fourth-order valence-electron chi connectivity index (χ4n) is 1.44. The van der Waals surface area contributed by atoms with Crippen LogP contribution in [0.2, 0.25) is 0 Å². The highest BCUT2D eigenvalue weighted by atomic mass is 32.2. The van der Waals surface area contributed by atoms with Gasteiger partial charge in [-0.2, -0.15) is 0 Å². The summed E-state index contributed by atoms with van der Waals surface area (Å²) in [6.07, 6.45) is -0.756. The van der Waals surface area contributed by atoms with Crippen LogP contribution in [0.1, 0.15) is 11.7 Å². The number of hydrogen-bond donors (Lipinski definition) is 2. The monoisotopic (exact) mass is 227 g/mol. The SMILES string of the molecule is NC(=O)C1SC1C(O)c1ccc(F)cc1. The van der Waals surface area contributed by atoms with E-state index in [2.05, 4.69) is 0 Å². The molecule has 0 saturated carbocycles. The molecule has 2 rings (SSSR count). The molecular weight excluding hydrogens is 217 g/mol. The highest BCUT2D eigenvalue weighted by Crippen LogP contribution is 2.48. The summed E-state index contributed by atoms with van der Waals surface area (Å²) in [7, 11) is 0. The van der Waals surface area contributed by atoms with Crippen LogP contribution in [0.3, 0.4) is 0 Å². The minimum absolute atomic E-state index is 0.187. The van der Waals surface area contributed by atoms with Crippen molar-refractivity contribution >= 4 is 17.7 Å². The number of rotatable bonds is 3. The number of hydrogen-bond acceptors (Lipinski definition) is 3. The summed E-state index contributed by atoms with van der Waals surface area (Å²) < 4.78 is 12.6. The number of aliphatic hydroxyl groups is 1. The van der Waals surface area contributed by atoms with E-state index in [0.717, 1.165) is 0 Å². The third kappa shape index (κ3) is 2.13. The Labute approximate surface area is 90.5 Å². The lowest BCUT2D eigenvalue weighted by atomic mass is 10.0. The summed E-state index contributed by atoms with van der Waals surface area (Å²) in [5.41, 5.74) is 5.71. The van der Waals surface area contributed by atoms with E-state index >= 15 is 0 Å². The first kappa shape index (κ1) is 10.4. The number of primary amides is 1. The van der Waals surface area contributed by atoms with Crippen molar-refractivity contribution in [1.82, 2.24) is 0 Å². The number of thioether (sulfide) groups is 1. The number of carbonyl (C=O) groups is 1. The minimum Gasteiger partial charge on any atom is -0.387 e. The summed E-state index contributed by atoms with van der Waals surface area (Å²) >= 11 is 1.33. The quantitative estimate of drug-likeness (QED) is 0.752.